The highest BCUT2D eigenvalue weighted by Gasteiger charge is 2.43. The quantitative estimate of drug-likeness (QED) is 0.579. The van der Waals surface area contributed by atoms with Gasteiger partial charge in [-0.2, -0.15) is 5.10 Å². The van der Waals surface area contributed by atoms with Crippen LogP contribution in [0.25, 0.3) is 22.3 Å². The van der Waals surface area contributed by atoms with Crippen LogP contribution in [0.3, 0.4) is 0 Å². The van der Waals surface area contributed by atoms with Crippen LogP contribution >= 0.6 is 11.6 Å². The number of hydrogen-bond acceptors (Lipinski definition) is 4. The summed E-state index contributed by atoms with van der Waals surface area (Å²) in [5.41, 5.74) is 3.03. The van der Waals surface area contributed by atoms with Crippen molar-refractivity contribution in [1.29, 1.82) is 0 Å². The zero-order valence-electron chi connectivity index (χ0n) is 17.8. The van der Waals surface area contributed by atoms with Crippen molar-refractivity contribution < 1.29 is 9.90 Å². The number of halogens is 1. The Balaban J connectivity index is 1.32. The summed E-state index contributed by atoms with van der Waals surface area (Å²) in [7, 11) is 0. The third-order valence-corrected chi connectivity index (χ3v) is 6.89. The van der Waals surface area contributed by atoms with E-state index < -0.39 is 5.60 Å². The first kappa shape index (κ1) is 20.3. The molecule has 2 aliphatic rings. The minimum absolute atomic E-state index is 0.0571. The van der Waals surface area contributed by atoms with Gasteiger partial charge in [0, 0.05) is 60.6 Å². The zero-order valence-corrected chi connectivity index (χ0v) is 18.5. The van der Waals surface area contributed by atoms with Crippen molar-refractivity contribution in [3.63, 3.8) is 0 Å². The smallest absolute Gasteiger partial charge is 0.317 e. The Labute approximate surface area is 185 Å². The number of aryl methyl sites for hydroxylation is 1. The van der Waals surface area contributed by atoms with E-state index in [1.807, 2.05) is 17.2 Å². The fourth-order valence-corrected chi connectivity index (χ4v) is 4.96. The van der Waals surface area contributed by atoms with E-state index in [-0.39, 0.29) is 18.0 Å². The zero-order chi connectivity index (χ0) is 21.8. The molecule has 0 aromatic carbocycles. The highest BCUT2D eigenvalue weighted by atomic mass is 35.5. The second kappa shape index (κ2) is 7.24. The molecule has 0 unspecified atom stereocenters. The molecule has 1 spiro atoms. The van der Waals surface area contributed by atoms with Crippen LogP contribution in [0, 0.1) is 0 Å². The number of carbonyl (C=O) groups excluding carboxylic acids is 1. The highest BCUT2D eigenvalue weighted by Crippen LogP contribution is 2.44. The van der Waals surface area contributed by atoms with Crippen molar-refractivity contribution in [2.45, 2.75) is 50.7 Å². The number of piperidine rings is 1. The number of H-pyrrole nitrogens is 1. The van der Waals surface area contributed by atoms with Crippen LogP contribution in [0.1, 0.15) is 38.8 Å². The third-order valence-electron chi connectivity index (χ3n) is 6.58. The minimum atomic E-state index is -0.913. The van der Waals surface area contributed by atoms with Gasteiger partial charge in [0.25, 0.3) is 0 Å². The molecule has 164 valence electrons. The first-order valence-corrected chi connectivity index (χ1v) is 11.1. The van der Waals surface area contributed by atoms with Gasteiger partial charge in [0.15, 0.2) is 0 Å². The Kier molecular flexibility index (Phi) is 4.75. The summed E-state index contributed by atoms with van der Waals surface area (Å²) in [6.07, 6.45) is 6.45. The van der Waals surface area contributed by atoms with Gasteiger partial charge >= 0.3 is 6.03 Å². The van der Waals surface area contributed by atoms with Crippen molar-refractivity contribution in [2.75, 3.05) is 19.6 Å². The molecule has 0 atom stereocenters. The van der Waals surface area contributed by atoms with Crippen LogP contribution < -0.4 is 5.32 Å². The van der Waals surface area contributed by atoms with Crippen LogP contribution in [0.5, 0.6) is 0 Å². The maximum Gasteiger partial charge on any atom is 0.317 e. The number of likely N-dealkylation sites (tertiary alicyclic amines) is 1. The molecule has 2 aliphatic heterocycles. The normalized spacial score (nSPS) is 18.0. The third kappa shape index (κ3) is 3.68. The summed E-state index contributed by atoms with van der Waals surface area (Å²) >= 11 is 6.26. The average Bonchev–Trinajstić information content (AvgIpc) is 3.42. The van der Waals surface area contributed by atoms with E-state index >= 15 is 0 Å². The van der Waals surface area contributed by atoms with E-state index in [1.54, 1.807) is 20.0 Å². The van der Waals surface area contributed by atoms with Gasteiger partial charge in [-0.05, 0) is 45.2 Å². The van der Waals surface area contributed by atoms with Crippen molar-refractivity contribution >= 4 is 28.7 Å². The van der Waals surface area contributed by atoms with Gasteiger partial charge in [-0.1, -0.05) is 11.6 Å². The lowest BCUT2D eigenvalue weighted by atomic mass is 9.75. The molecule has 5 rings (SSSR count). The molecule has 3 aromatic rings. The number of aliphatic hydroxyl groups is 1. The van der Waals surface area contributed by atoms with Crippen LogP contribution in [-0.4, -0.2) is 61.0 Å². The first-order chi connectivity index (χ1) is 14.7. The van der Waals surface area contributed by atoms with Crippen LogP contribution in [0.4, 0.5) is 4.79 Å². The number of aromatic nitrogens is 4. The monoisotopic (exact) mass is 442 g/mol. The number of pyridine rings is 1. The van der Waals surface area contributed by atoms with Crippen LogP contribution in [0.2, 0.25) is 5.02 Å². The summed E-state index contributed by atoms with van der Waals surface area (Å²) < 4.78 is 2.11. The SMILES string of the molecule is CC(C)(O)CNC(=O)N1CCC2(CC1)CCn1nc(-c3cnc4[nH]cc(Cl)c4c3)cc12. The fraction of sp³-hybridized carbons (Fsp3) is 0.500. The van der Waals surface area contributed by atoms with Gasteiger partial charge in [-0.25, -0.2) is 9.78 Å². The summed E-state index contributed by atoms with van der Waals surface area (Å²) in [5, 5.41) is 19.1. The largest absolute Gasteiger partial charge is 0.389 e. The predicted molar refractivity (Wildman–Crippen MR) is 119 cm³/mol. The van der Waals surface area contributed by atoms with Gasteiger partial charge in [0.05, 0.1) is 16.3 Å². The minimum Gasteiger partial charge on any atom is -0.389 e. The second-order valence-corrected chi connectivity index (χ2v) is 9.79. The maximum atomic E-state index is 12.5. The molecule has 9 heteroatoms. The van der Waals surface area contributed by atoms with Crippen molar-refractivity contribution in [1.82, 2.24) is 30.0 Å². The number of aromatic amines is 1. The summed E-state index contributed by atoms with van der Waals surface area (Å²) in [6, 6.07) is 4.11. The number of amides is 2. The average molecular weight is 443 g/mol. The summed E-state index contributed by atoms with van der Waals surface area (Å²) in [6.45, 7) is 5.91. The van der Waals surface area contributed by atoms with Gasteiger partial charge in [-0.15, -0.1) is 0 Å². The van der Waals surface area contributed by atoms with Gasteiger partial charge in [0.2, 0.25) is 0 Å². The van der Waals surface area contributed by atoms with E-state index in [0.29, 0.717) is 18.1 Å². The lowest BCUT2D eigenvalue weighted by Crippen LogP contribution is -2.50. The standard InChI is InChI=1S/C22H27ClN6O2/c1-21(2,31)13-26-20(30)28-6-3-22(4-7-28)5-8-29-18(22)10-17(27-29)14-9-15-16(23)12-25-19(15)24-11-14/h9-12,31H,3-8,13H2,1-2H3,(H,24,25)(H,26,30). The topological polar surface area (TPSA) is 99.1 Å². The highest BCUT2D eigenvalue weighted by molar-refractivity contribution is 6.35. The van der Waals surface area contributed by atoms with E-state index in [9.17, 15) is 9.90 Å². The molecule has 8 nitrogen and oxygen atoms in total. The molecule has 2 amide bonds. The molecular weight excluding hydrogens is 416 g/mol. The summed E-state index contributed by atoms with van der Waals surface area (Å²) in [4.78, 5) is 21.8. The first-order valence-electron chi connectivity index (χ1n) is 10.7. The van der Waals surface area contributed by atoms with Gasteiger partial charge in [-0.3, -0.25) is 4.68 Å². The number of urea groups is 1. The molecule has 1 saturated heterocycles. The van der Waals surface area contributed by atoms with E-state index in [2.05, 4.69) is 26.0 Å². The molecule has 1 fully saturated rings. The number of rotatable bonds is 3. The number of hydrogen-bond donors (Lipinski definition) is 3. The number of fused-ring (bicyclic) bond motifs is 3. The fourth-order valence-electron chi connectivity index (χ4n) is 4.76. The number of nitrogens with one attached hydrogen (secondary N) is 2. The molecule has 0 bridgehead atoms. The lowest BCUT2D eigenvalue weighted by Gasteiger charge is -2.39. The molecule has 0 radical (unpaired) electrons. The number of carbonyl (C=O) groups is 1. The predicted octanol–water partition coefficient (Wildman–Crippen LogP) is 3.30. The van der Waals surface area contributed by atoms with E-state index in [0.717, 1.165) is 48.1 Å². The Hall–Kier alpha value is -2.58. The molecule has 0 aliphatic carbocycles. The van der Waals surface area contributed by atoms with Crippen molar-refractivity contribution in [3.8, 4) is 11.3 Å². The maximum absolute atomic E-state index is 12.5. The Morgan fingerprint density at radius 2 is 2.03 bits per heavy atom. The van der Waals surface area contributed by atoms with Crippen molar-refractivity contribution in [3.05, 3.63) is 35.2 Å². The number of nitrogens with zero attached hydrogens (tertiary/aromatic N) is 4. The lowest BCUT2D eigenvalue weighted by molar-refractivity contribution is 0.0778. The summed E-state index contributed by atoms with van der Waals surface area (Å²) in [5.74, 6) is 0. The Morgan fingerprint density at radius 1 is 1.29 bits per heavy atom. The Morgan fingerprint density at radius 3 is 2.77 bits per heavy atom. The van der Waals surface area contributed by atoms with E-state index in [4.69, 9.17) is 16.7 Å². The molecule has 3 N–H and O–H groups in total. The molecule has 0 saturated carbocycles. The van der Waals surface area contributed by atoms with Crippen molar-refractivity contribution in [2.24, 2.45) is 0 Å². The second-order valence-electron chi connectivity index (χ2n) is 9.38. The van der Waals surface area contributed by atoms with Gasteiger partial charge in [0.1, 0.15) is 5.65 Å². The van der Waals surface area contributed by atoms with Crippen LogP contribution in [-0.2, 0) is 12.0 Å². The molecule has 5 heterocycles. The van der Waals surface area contributed by atoms with Gasteiger partial charge < -0.3 is 20.3 Å². The molecule has 3 aromatic heterocycles. The molecule has 31 heavy (non-hydrogen) atoms. The van der Waals surface area contributed by atoms with E-state index in [1.165, 1.54) is 5.69 Å². The van der Waals surface area contributed by atoms with Crippen LogP contribution in [0.15, 0.2) is 24.5 Å². The Bertz CT molecular complexity index is 1140. The molecular formula is C22H27ClN6O2.